The summed E-state index contributed by atoms with van der Waals surface area (Å²) in [5.74, 6) is 0.330. The molecular weight excluding hydrogens is 553 g/mol. The smallest absolute Gasteiger partial charge is 0.269 e. The second-order valence-electron chi connectivity index (χ2n) is 9.36. The van der Waals surface area contributed by atoms with Gasteiger partial charge in [0.25, 0.3) is 5.69 Å². The molecule has 1 amide bonds. The Morgan fingerprint density at radius 2 is 1.57 bits per heavy atom. The minimum absolute atomic E-state index is 0.0472. The van der Waals surface area contributed by atoms with Gasteiger partial charge in [0.1, 0.15) is 5.82 Å². The average molecular weight is 580 g/mol. The standard InChI is InChI=1S/C32H26FN5O3S/c33-26-14-11-25(12-15-26)22-42-32-36-35-31(37(32)27-16-18-28(19-17-27)38(40)41)29(21-24-9-5-2-6-10-24)34-30(39)20-13-23-7-3-1-4-8-23/h1-20,29H,21-22H2,(H,34,39)/b20-13+. The summed E-state index contributed by atoms with van der Waals surface area (Å²) in [7, 11) is 0. The largest absolute Gasteiger partial charge is 0.342 e. The van der Waals surface area contributed by atoms with Crippen molar-refractivity contribution in [1.82, 2.24) is 20.1 Å². The van der Waals surface area contributed by atoms with Gasteiger partial charge in [0.05, 0.1) is 11.0 Å². The fourth-order valence-corrected chi connectivity index (χ4v) is 5.22. The van der Waals surface area contributed by atoms with E-state index < -0.39 is 11.0 Å². The van der Waals surface area contributed by atoms with Gasteiger partial charge in [-0.25, -0.2) is 4.39 Å². The topological polar surface area (TPSA) is 103 Å². The number of nitrogens with one attached hydrogen (secondary N) is 1. The first-order chi connectivity index (χ1) is 20.5. The molecule has 1 aromatic heterocycles. The van der Waals surface area contributed by atoms with Crippen molar-refractivity contribution in [2.24, 2.45) is 0 Å². The van der Waals surface area contributed by atoms with Crippen molar-refractivity contribution in [2.45, 2.75) is 23.4 Å². The van der Waals surface area contributed by atoms with Crippen molar-refractivity contribution in [2.75, 3.05) is 0 Å². The van der Waals surface area contributed by atoms with Crippen LogP contribution < -0.4 is 5.32 Å². The van der Waals surface area contributed by atoms with Crippen LogP contribution in [0.4, 0.5) is 10.1 Å². The van der Waals surface area contributed by atoms with E-state index in [0.29, 0.717) is 28.8 Å². The second kappa shape index (κ2) is 13.5. The number of carbonyl (C=O) groups is 1. The van der Waals surface area contributed by atoms with Crippen LogP contribution in [0.2, 0.25) is 0 Å². The molecule has 4 aromatic carbocycles. The Balaban J connectivity index is 1.51. The predicted octanol–water partition coefficient (Wildman–Crippen LogP) is 6.72. The van der Waals surface area contributed by atoms with Gasteiger partial charge >= 0.3 is 0 Å². The number of aromatic nitrogens is 3. The highest BCUT2D eigenvalue weighted by atomic mass is 32.2. The molecule has 0 spiro atoms. The van der Waals surface area contributed by atoms with Gasteiger partial charge in [-0.2, -0.15) is 0 Å². The van der Waals surface area contributed by atoms with E-state index in [1.54, 1.807) is 34.9 Å². The minimum atomic E-state index is -0.580. The highest BCUT2D eigenvalue weighted by Crippen LogP contribution is 2.30. The molecule has 5 rings (SSSR count). The van der Waals surface area contributed by atoms with E-state index in [2.05, 4.69) is 15.5 Å². The normalized spacial score (nSPS) is 11.8. The first-order valence-electron chi connectivity index (χ1n) is 13.1. The lowest BCUT2D eigenvalue weighted by Gasteiger charge is -2.19. The molecule has 0 saturated heterocycles. The predicted molar refractivity (Wildman–Crippen MR) is 160 cm³/mol. The van der Waals surface area contributed by atoms with Crippen LogP contribution in [0.5, 0.6) is 0 Å². The number of non-ortho nitro benzene ring substituents is 1. The number of nitro groups is 1. The zero-order chi connectivity index (χ0) is 29.3. The average Bonchev–Trinajstić information content (AvgIpc) is 3.44. The van der Waals surface area contributed by atoms with Gasteiger partial charge < -0.3 is 5.32 Å². The fourth-order valence-electron chi connectivity index (χ4n) is 4.31. The van der Waals surface area contributed by atoms with Crippen molar-refractivity contribution >= 4 is 29.4 Å². The zero-order valence-electron chi connectivity index (χ0n) is 22.3. The zero-order valence-corrected chi connectivity index (χ0v) is 23.2. The molecule has 1 atom stereocenters. The van der Waals surface area contributed by atoms with Crippen LogP contribution in [0.3, 0.4) is 0 Å². The summed E-state index contributed by atoms with van der Waals surface area (Å²) in [6.45, 7) is 0. The molecule has 0 fully saturated rings. The summed E-state index contributed by atoms with van der Waals surface area (Å²) in [6.07, 6.45) is 3.64. The molecule has 1 unspecified atom stereocenters. The van der Waals surface area contributed by atoms with Crippen LogP contribution in [0, 0.1) is 15.9 Å². The highest BCUT2D eigenvalue weighted by molar-refractivity contribution is 7.98. The summed E-state index contributed by atoms with van der Waals surface area (Å²) >= 11 is 1.39. The van der Waals surface area contributed by atoms with E-state index in [1.807, 2.05) is 60.7 Å². The molecule has 0 radical (unpaired) electrons. The van der Waals surface area contributed by atoms with Crippen LogP contribution in [-0.4, -0.2) is 25.6 Å². The Bertz CT molecular complexity index is 1680. The van der Waals surface area contributed by atoms with E-state index >= 15 is 0 Å². The highest BCUT2D eigenvalue weighted by Gasteiger charge is 2.25. The van der Waals surface area contributed by atoms with Gasteiger partial charge in [0.2, 0.25) is 5.91 Å². The van der Waals surface area contributed by atoms with Crippen molar-refractivity contribution in [3.05, 3.63) is 154 Å². The lowest BCUT2D eigenvalue weighted by Crippen LogP contribution is -2.30. The van der Waals surface area contributed by atoms with Crippen molar-refractivity contribution in [3.63, 3.8) is 0 Å². The third kappa shape index (κ3) is 7.35. The lowest BCUT2D eigenvalue weighted by atomic mass is 10.0. The third-order valence-corrected chi connectivity index (χ3v) is 7.40. The Kier molecular flexibility index (Phi) is 9.15. The number of rotatable bonds is 11. The van der Waals surface area contributed by atoms with Crippen molar-refractivity contribution in [3.8, 4) is 5.69 Å². The molecule has 10 heteroatoms. The molecule has 8 nitrogen and oxygen atoms in total. The molecule has 0 saturated carbocycles. The number of hydrogen-bond donors (Lipinski definition) is 1. The van der Waals surface area contributed by atoms with Gasteiger partial charge in [-0.05, 0) is 53.5 Å². The van der Waals surface area contributed by atoms with Crippen molar-refractivity contribution < 1.29 is 14.1 Å². The summed E-state index contributed by atoms with van der Waals surface area (Å²) < 4.78 is 15.2. The van der Waals surface area contributed by atoms with Crippen LogP contribution in [0.15, 0.2) is 120 Å². The van der Waals surface area contributed by atoms with E-state index in [-0.39, 0.29) is 17.4 Å². The van der Waals surface area contributed by atoms with Gasteiger partial charge in [-0.15, -0.1) is 10.2 Å². The molecule has 0 aliphatic carbocycles. The van der Waals surface area contributed by atoms with Crippen LogP contribution in [0.25, 0.3) is 11.8 Å². The molecule has 210 valence electrons. The van der Waals surface area contributed by atoms with Crippen LogP contribution in [0.1, 0.15) is 28.6 Å². The number of nitrogens with zero attached hydrogens (tertiary/aromatic N) is 4. The van der Waals surface area contributed by atoms with Gasteiger partial charge in [0.15, 0.2) is 11.0 Å². The Labute approximate surface area is 246 Å². The number of benzene rings is 4. The summed E-state index contributed by atoms with van der Waals surface area (Å²) in [4.78, 5) is 24.0. The SMILES string of the molecule is O=C(/C=C/c1ccccc1)NC(Cc1ccccc1)c1nnc(SCc2ccc(F)cc2)n1-c1ccc([N+](=O)[O-])cc1. The summed E-state index contributed by atoms with van der Waals surface area (Å²) in [5, 5.41) is 23.9. The van der Waals surface area contributed by atoms with E-state index in [1.165, 1.54) is 42.1 Å². The first kappa shape index (κ1) is 28.4. The molecule has 0 bridgehead atoms. The third-order valence-electron chi connectivity index (χ3n) is 6.40. The number of thioether (sulfide) groups is 1. The molecule has 5 aromatic rings. The van der Waals surface area contributed by atoms with Crippen LogP contribution in [-0.2, 0) is 17.0 Å². The maximum Gasteiger partial charge on any atom is 0.269 e. The Morgan fingerprint density at radius 3 is 2.24 bits per heavy atom. The quantitative estimate of drug-likeness (QED) is 0.0807. The number of nitro benzene ring substituents is 1. The molecule has 42 heavy (non-hydrogen) atoms. The van der Waals surface area contributed by atoms with Crippen molar-refractivity contribution in [1.29, 1.82) is 0 Å². The van der Waals surface area contributed by atoms with Gasteiger partial charge in [-0.1, -0.05) is 84.6 Å². The Hall–Kier alpha value is -5.09. The first-order valence-corrected chi connectivity index (χ1v) is 14.1. The maximum absolute atomic E-state index is 13.4. The minimum Gasteiger partial charge on any atom is -0.342 e. The number of amides is 1. The molecule has 1 N–H and O–H groups in total. The lowest BCUT2D eigenvalue weighted by molar-refractivity contribution is -0.384. The molecular formula is C32H26FN5O3S. The summed E-state index contributed by atoms with van der Waals surface area (Å²) in [5.41, 5.74) is 3.32. The number of halogens is 1. The Morgan fingerprint density at radius 1 is 0.905 bits per heavy atom. The van der Waals surface area contributed by atoms with Gasteiger partial charge in [0, 0.05) is 29.6 Å². The number of hydrogen-bond acceptors (Lipinski definition) is 6. The maximum atomic E-state index is 13.4. The summed E-state index contributed by atoms with van der Waals surface area (Å²) in [6, 6.07) is 30.9. The van der Waals surface area contributed by atoms with Crippen LogP contribution >= 0.6 is 11.8 Å². The molecule has 0 aliphatic rings. The van der Waals surface area contributed by atoms with Gasteiger partial charge in [-0.3, -0.25) is 19.5 Å². The number of carbonyl (C=O) groups excluding carboxylic acids is 1. The monoisotopic (exact) mass is 579 g/mol. The fraction of sp³-hybridized carbons (Fsp3) is 0.0938. The second-order valence-corrected chi connectivity index (χ2v) is 10.3. The van der Waals surface area contributed by atoms with E-state index in [9.17, 15) is 19.3 Å². The van der Waals surface area contributed by atoms with E-state index in [4.69, 9.17) is 0 Å². The van der Waals surface area contributed by atoms with E-state index in [0.717, 1.165) is 16.7 Å². The molecule has 0 aliphatic heterocycles. The molecule has 1 heterocycles.